The van der Waals surface area contributed by atoms with Gasteiger partial charge in [-0.3, -0.25) is 9.36 Å². The molecule has 0 radical (unpaired) electrons. The molecular formula is C24H27N3O4. The summed E-state index contributed by atoms with van der Waals surface area (Å²) in [5, 5.41) is 0. The highest BCUT2D eigenvalue weighted by atomic mass is 16.5. The molecule has 1 unspecified atom stereocenters. The minimum absolute atomic E-state index is 0.00675. The lowest BCUT2D eigenvalue weighted by Crippen LogP contribution is -2.40. The molecule has 3 heterocycles. The number of H-pyrrole nitrogens is 1. The molecule has 0 saturated carbocycles. The molecule has 0 spiro atoms. The lowest BCUT2D eigenvalue weighted by Gasteiger charge is -2.32. The van der Waals surface area contributed by atoms with E-state index in [0.29, 0.717) is 31.0 Å². The van der Waals surface area contributed by atoms with Gasteiger partial charge in [0.05, 0.1) is 17.1 Å². The Hall–Kier alpha value is -3.06. The van der Waals surface area contributed by atoms with Crippen molar-refractivity contribution in [1.82, 2.24) is 14.5 Å². The Labute approximate surface area is 180 Å². The molecule has 2 aliphatic heterocycles. The smallest absolute Gasteiger partial charge is 0.326 e. The number of hydrogen-bond donors (Lipinski definition) is 1. The Morgan fingerprint density at radius 3 is 2.74 bits per heavy atom. The number of amides is 1. The summed E-state index contributed by atoms with van der Waals surface area (Å²) in [7, 11) is 0. The molecule has 3 aromatic rings. The third-order valence-electron chi connectivity index (χ3n) is 6.28. The number of nitrogens with zero attached hydrogens (tertiary/aromatic N) is 2. The number of para-hydroxylation sites is 2. The van der Waals surface area contributed by atoms with Crippen molar-refractivity contribution in [3.8, 4) is 5.75 Å². The van der Waals surface area contributed by atoms with Gasteiger partial charge < -0.3 is 19.4 Å². The van der Waals surface area contributed by atoms with Crippen molar-refractivity contribution in [1.29, 1.82) is 0 Å². The van der Waals surface area contributed by atoms with Crippen LogP contribution in [0.1, 0.15) is 42.1 Å². The number of hydrogen-bond acceptors (Lipinski definition) is 4. The first kappa shape index (κ1) is 19.9. The second-order valence-electron chi connectivity index (χ2n) is 8.31. The van der Waals surface area contributed by atoms with Crippen molar-refractivity contribution >= 4 is 16.9 Å². The highest BCUT2D eigenvalue weighted by Gasteiger charge is 2.27. The molecule has 7 heteroatoms. The van der Waals surface area contributed by atoms with E-state index in [9.17, 15) is 9.59 Å². The second-order valence-corrected chi connectivity index (χ2v) is 8.31. The van der Waals surface area contributed by atoms with Crippen LogP contribution < -0.4 is 10.4 Å². The van der Waals surface area contributed by atoms with Crippen LogP contribution >= 0.6 is 0 Å². The molecule has 1 aromatic heterocycles. The Kier molecular flexibility index (Phi) is 5.51. The first-order valence-electron chi connectivity index (χ1n) is 11.0. The molecule has 7 nitrogen and oxygen atoms in total. The second kappa shape index (κ2) is 8.59. The van der Waals surface area contributed by atoms with Gasteiger partial charge in [0.1, 0.15) is 12.4 Å². The van der Waals surface area contributed by atoms with Crippen LogP contribution in [0.25, 0.3) is 11.0 Å². The monoisotopic (exact) mass is 421 g/mol. The molecule has 5 rings (SSSR count). The van der Waals surface area contributed by atoms with E-state index in [0.717, 1.165) is 43.3 Å². The van der Waals surface area contributed by atoms with E-state index in [4.69, 9.17) is 9.47 Å². The summed E-state index contributed by atoms with van der Waals surface area (Å²) in [5.41, 5.74) is 2.33. The van der Waals surface area contributed by atoms with E-state index >= 15 is 0 Å². The SMILES string of the molecule is O=C(c1cccc(OCC2CCCO2)c1)N1CCC(n2c(=O)[nH]c3ccccc32)CC1. The van der Waals surface area contributed by atoms with Crippen molar-refractivity contribution in [3.63, 3.8) is 0 Å². The van der Waals surface area contributed by atoms with E-state index in [1.54, 1.807) is 0 Å². The van der Waals surface area contributed by atoms with Crippen LogP contribution in [-0.2, 0) is 4.74 Å². The summed E-state index contributed by atoms with van der Waals surface area (Å²) in [6, 6.07) is 15.2. The number of fused-ring (bicyclic) bond motifs is 1. The molecule has 0 aliphatic carbocycles. The molecule has 2 saturated heterocycles. The third kappa shape index (κ3) is 4.10. The number of imidazole rings is 1. The van der Waals surface area contributed by atoms with Crippen LogP contribution in [0.15, 0.2) is 53.3 Å². The van der Waals surface area contributed by atoms with Gasteiger partial charge in [0.15, 0.2) is 0 Å². The number of nitrogens with one attached hydrogen (secondary N) is 1. The van der Waals surface area contributed by atoms with Gasteiger partial charge in [-0.1, -0.05) is 18.2 Å². The predicted octanol–water partition coefficient (Wildman–Crippen LogP) is 3.36. The van der Waals surface area contributed by atoms with Crippen molar-refractivity contribution in [3.05, 3.63) is 64.6 Å². The zero-order chi connectivity index (χ0) is 21.2. The first-order chi connectivity index (χ1) is 15.2. The minimum atomic E-state index is -0.0814. The van der Waals surface area contributed by atoms with Crippen LogP contribution in [0.4, 0.5) is 0 Å². The first-order valence-corrected chi connectivity index (χ1v) is 11.0. The summed E-state index contributed by atoms with van der Waals surface area (Å²) in [6.45, 7) is 2.56. The van der Waals surface area contributed by atoms with Gasteiger partial charge in [0, 0.05) is 31.3 Å². The molecule has 2 fully saturated rings. The summed E-state index contributed by atoms with van der Waals surface area (Å²) in [5.74, 6) is 0.703. The average Bonchev–Trinajstić information content (AvgIpc) is 3.44. The maximum Gasteiger partial charge on any atom is 0.326 e. The number of piperidine rings is 1. The molecule has 162 valence electrons. The molecule has 1 N–H and O–H groups in total. The molecule has 31 heavy (non-hydrogen) atoms. The molecular weight excluding hydrogens is 394 g/mol. The van der Waals surface area contributed by atoms with Gasteiger partial charge in [0.25, 0.3) is 5.91 Å². The maximum absolute atomic E-state index is 13.1. The molecule has 2 aliphatic rings. The van der Waals surface area contributed by atoms with Gasteiger partial charge in [-0.2, -0.15) is 0 Å². The number of likely N-dealkylation sites (tertiary alicyclic amines) is 1. The third-order valence-corrected chi connectivity index (χ3v) is 6.28. The maximum atomic E-state index is 13.1. The molecule has 0 bridgehead atoms. The fourth-order valence-electron chi connectivity index (χ4n) is 4.63. The number of rotatable bonds is 5. The lowest BCUT2D eigenvalue weighted by molar-refractivity contribution is 0.0672. The fraction of sp³-hybridized carbons (Fsp3) is 0.417. The largest absolute Gasteiger partial charge is 0.491 e. The fourth-order valence-corrected chi connectivity index (χ4v) is 4.63. The van der Waals surface area contributed by atoms with Crippen molar-refractivity contribution in [2.45, 2.75) is 37.8 Å². The van der Waals surface area contributed by atoms with Gasteiger partial charge in [-0.05, 0) is 56.0 Å². The van der Waals surface area contributed by atoms with Crippen LogP contribution in [-0.4, -0.2) is 52.8 Å². The molecule has 1 amide bonds. The van der Waals surface area contributed by atoms with Crippen molar-refractivity contribution in [2.75, 3.05) is 26.3 Å². The summed E-state index contributed by atoms with van der Waals surface area (Å²) in [6.07, 6.45) is 3.75. The Balaban J connectivity index is 1.23. The van der Waals surface area contributed by atoms with Gasteiger partial charge in [0.2, 0.25) is 0 Å². The minimum Gasteiger partial charge on any atom is -0.491 e. The quantitative estimate of drug-likeness (QED) is 0.685. The number of aromatic nitrogens is 2. The number of aromatic amines is 1. The Morgan fingerprint density at radius 2 is 1.94 bits per heavy atom. The summed E-state index contributed by atoms with van der Waals surface area (Å²) in [4.78, 5) is 30.3. The van der Waals surface area contributed by atoms with Crippen LogP contribution in [0.3, 0.4) is 0 Å². The summed E-state index contributed by atoms with van der Waals surface area (Å²) < 4.78 is 13.3. The van der Waals surface area contributed by atoms with Gasteiger partial charge >= 0.3 is 5.69 Å². The molecule has 1 atom stereocenters. The van der Waals surface area contributed by atoms with Crippen LogP contribution in [0, 0.1) is 0 Å². The summed E-state index contributed by atoms with van der Waals surface area (Å²) >= 11 is 0. The van der Waals surface area contributed by atoms with Crippen LogP contribution in [0.5, 0.6) is 5.75 Å². The number of benzene rings is 2. The van der Waals surface area contributed by atoms with E-state index in [1.807, 2.05) is 58.0 Å². The van der Waals surface area contributed by atoms with Crippen molar-refractivity contribution in [2.24, 2.45) is 0 Å². The van der Waals surface area contributed by atoms with Gasteiger partial charge in [-0.25, -0.2) is 4.79 Å². The van der Waals surface area contributed by atoms with Gasteiger partial charge in [-0.15, -0.1) is 0 Å². The molecule has 2 aromatic carbocycles. The highest BCUT2D eigenvalue weighted by molar-refractivity contribution is 5.94. The van der Waals surface area contributed by atoms with E-state index < -0.39 is 0 Å². The van der Waals surface area contributed by atoms with E-state index in [1.165, 1.54) is 0 Å². The number of carbonyl (C=O) groups is 1. The zero-order valence-electron chi connectivity index (χ0n) is 17.5. The standard InChI is InChI=1S/C24H27N3O4/c28-23(17-5-3-6-19(15-17)31-16-20-7-4-14-30-20)26-12-10-18(11-13-26)27-22-9-2-1-8-21(22)25-24(27)29/h1-3,5-6,8-9,15,18,20H,4,7,10-14,16H2,(H,25,29). The average molecular weight is 421 g/mol. The highest BCUT2D eigenvalue weighted by Crippen LogP contribution is 2.26. The zero-order valence-corrected chi connectivity index (χ0v) is 17.5. The predicted molar refractivity (Wildman–Crippen MR) is 118 cm³/mol. The Morgan fingerprint density at radius 1 is 1.10 bits per heavy atom. The van der Waals surface area contributed by atoms with E-state index in [2.05, 4.69) is 4.98 Å². The van der Waals surface area contributed by atoms with Crippen molar-refractivity contribution < 1.29 is 14.3 Å². The normalized spacial score (nSPS) is 19.7. The Bertz CT molecular complexity index is 1120. The number of ether oxygens (including phenoxy) is 2. The number of carbonyl (C=O) groups excluding carboxylic acids is 1. The van der Waals surface area contributed by atoms with Crippen LogP contribution in [0.2, 0.25) is 0 Å². The lowest BCUT2D eigenvalue weighted by atomic mass is 10.0. The topological polar surface area (TPSA) is 76.6 Å². The van der Waals surface area contributed by atoms with E-state index in [-0.39, 0.29) is 23.7 Å².